The Morgan fingerprint density at radius 1 is 1.24 bits per heavy atom. The van der Waals surface area contributed by atoms with Crippen molar-refractivity contribution in [3.05, 3.63) is 59.3 Å². The van der Waals surface area contributed by atoms with Crippen LogP contribution in [0.1, 0.15) is 21.5 Å². The zero-order valence-corrected chi connectivity index (χ0v) is 9.90. The van der Waals surface area contributed by atoms with Gasteiger partial charge in [-0.05, 0) is 25.1 Å². The fraction of sp³-hybridized carbons (Fsp3) is 0.143. The minimum absolute atomic E-state index is 0.00819. The number of aryl methyl sites for hydroxylation is 1. The molecule has 3 heteroatoms. The lowest BCUT2D eigenvalue weighted by Gasteiger charge is -2.07. The molecule has 0 fully saturated rings. The molecule has 0 aliphatic heterocycles. The first kappa shape index (κ1) is 11.3. The summed E-state index contributed by atoms with van der Waals surface area (Å²) in [5.74, 6) is 0.602. The van der Waals surface area contributed by atoms with E-state index < -0.39 is 0 Å². The minimum Gasteiger partial charge on any atom is -0.373 e. The Hall–Kier alpha value is -2.16. The zero-order chi connectivity index (χ0) is 12.3. The van der Waals surface area contributed by atoms with Gasteiger partial charge in [-0.15, -0.1) is 0 Å². The number of nitrogens with zero attached hydrogens (tertiary/aromatic N) is 1. The third kappa shape index (κ3) is 2.33. The summed E-state index contributed by atoms with van der Waals surface area (Å²) in [6.07, 6.45) is 1.67. The first-order valence-corrected chi connectivity index (χ1v) is 5.46. The van der Waals surface area contributed by atoms with Crippen LogP contribution in [0.4, 0.5) is 5.82 Å². The fourth-order valence-electron chi connectivity index (χ4n) is 1.73. The summed E-state index contributed by atoms with van der Waals surface area (Å²) >= 11 is 0. The van der Waals surface area contributed by atoms with Crippen molar-refractivity contribution in [1.29, 1.82) is 0 Å². The molecule has 0 amide bonds. The van der Waals surface area contributed by atoms with Crippen LogP contribution < -0.4 is 5.32 Å². The molecule has 2 rings (SSSR count). The van der Waals surface area contributed by atoms with Crippen molar-refractivity contribution in [3.63, 3.8) is 0 Å². The molecule has 0 aliphatic carbocycles. The lowest BCUT2D eigenvalue weighted by Crippen LogP contribution is -2.06. The van der Waals surface area contributed by atoms with E-state index in [0.29, 0.717) is 16.9 Å². The van der Waals surface area contributed by atoms with Gasteiger partial charge in [-0.2, -0.15) is 0 Å². The summed E-state index contributed by atoms with van der Waals surface area (Å²) in [6, 6.07) is 11.1. The lowest BCUT2D eigenvalue weighted by atomic mass is 10.0. The fourth-order valence-corrected chi connectivity index (χ4v) is 1.73. The Morgan fingerprint density at radius 2 is 2.06 bits per heavy atom. The predicted octanol–water partition coefficient (Wildman–Crippen LogP) is 2.66. The van der Waals surface area contributed by atoms with Crippen molar-refractivity contribution in [1.82, 2.24) is 4.98 Å². The minimum atomic E-state index is -0.00819. The van der Waals surface area contributed by atoms with Crippen LogP contribution in [0.5, 0.6) is 0 Å². The summed E-state index contributed by atoms with van der Waals surface area (Å²) in [6.45, 7) is 1.97. The van der Waals surface area contributed by atoms with Gasteiger partial charge < -0.3 is 5.32 Å². The zero-order valence-electron chi connectivity index (χ0n) is 9.90. The van der Waals surface area contributed by atoms with Crippen LogP contribution in [0, 0.1) is 6.92 Å². The van der Waals surface area contributed by atoms with Gasteiger partial charge in [0.2, 0.25) is 0 Å². The second kappa shape index (κ2) is 4.78. The molecule has 0 bridgehead atoms. The Labute approximate surface area is 101 Å². The molecule has 86 valence electrons. The number of ketones is 1. The number of hydrogen-bond donors (Lipinski definition) is 1. The van der Waals surface area contributed by atoms with Crippen molar-refractivity contribution >= 4 is 11.6 Å². The van der Waals surface area contributed by atoms with E-state index in [2.05, 4.69) is 10.3 Å². The van der Waals surface area contributed by atoms with E-state index in [1.807, 2.05) is 31.2 Å². The maximum atomic E-state index is 12.3. The van der Waals surface area contributed by atoms with Crippen LogP contribution in [0.3, 0.4) is 0 Å². The van der Waals surface area contributed by atoms with E-state index in [4.69, 9.17) is 0 Å². The molecule has 0 unspecified atom stereocenters. The number of hydrogen-bond acceptors (Lipinski definition) is 3. The van der Waals surface area contributed by atoms with E-state index >= 15 is 0 Å². The molecule has 1 heterocycles. The number of pyridine rings is 1. The van der Waals surface area contributed by atoms with Gasteiger partial charge in [0.15, 0.2) is 5.78 Å². The van der Waals surface area contributed by atoms with Crippen LogP contribution in [-0.2, 0) is 0 Å². The normalized spacial score (nSPS) is 10.0. The van der Waals surface area contributed by atoms with Crippen molar-refractivity contribution in [2.24, 2.45) is 0 Å². The van der Waals surface area contributed by atoms with Crippen molar-refractivity contribution in [2.45, 2.75) is 6.92 Å². The maximum absolute atomic E-state index is 12.3. The number of carbonyl (C=O) groups excluding carboxylic acids is 1. The molecule has 0 saturated carbocycles. The number of carbonyl (C=O) groups is 1. The summed E-state index contributed by atoms with van der Waals surface area (Å²) in [7, 11) is 1.76. The van der Waals surface area contributed by atoms with Crippen LogP contribution in [0.15, 0.2) is 42.6 Å². The van der Waals surface area contributed by atoms with Gasteiger partial charge >= 0.3 is 0 Å². The van der Waals surface area contributed by atoms with Gasteiger partial charge in [0.1, 0.15) is 5.82 Å². The Bertz CT molecular complexity index is 549. The summed E-state index contributed by atoms with van der Waals surface area (Å²) in [4.78, 5) is 16.4. The second-order valence-electron chi connectivity index (χ2n) is 3.85. The molecule has 0 saturated heterocycles. The Morgan fingerprint density at radius 3 is 2.76 bits per heavy atom. The average molecular weight is 226 g/mol. The molecule has 1 aromatic carbocycles. The van der Waals surface area contributed by atoms with Crippen LogP contribution >= 0.6 is 0 Å². The number of nitrogens with one attached hydrogen (secondary N) is 1. The van der Waals surface area contributed by atoms with E-state index in [0.717, 1.165) is 5.56 Å². The molecule has 0 atom stereocenters. The van der Waals surface area contributed by atoms with Crippen molar-refractivity contribution < 1.29 is 4.79 Å². The number of rotatable bonds is 3. The molecule has 3 nitrogen and oxygen atoms in total. The molecule has 2 aromatic rings. The topological polar surface area (TPSA) is 42.0 Å². The van der Waals surface area contributed by atoms with Gasteiger partial charge in [-0.3, -0.25) is 4.79 Å². The molecule has 1 N–H and O–H groups in total. The first-order chi connectivity index (χ1) is 8.22. The average Bonchev–Trinajstić information content (AvgIpc) is 2.38. The molecule has 17 heavy (non-hydrogen) atoms. The number of benzene rings is 1. The second-order valence-corrected chi connectivity index (χ2v) is 3.85. The molecular formula is C14H14N2O. The van der Waals surface area contributed by atoms with Crippen molar-refractivity contribution in [2.75, 3.05) is 12.4 Å². The first-order valence-electron chi connectivity index (χ1n) is 5.46. The Balaban J connectivity index is 2.44. The van der Waals surface area contributed by atoms with Gasteiger partial charge in [0, 0.05) is 18.8 Å². The smallest absolute Gasteiger partial charge is 0.196 e. The number of anilines is 1. The molecular weight excluding hydrogens is 212 g/mol. The predicted molar refractivity (Wildman–Crippen MR) is 68.4 cm³/mol. The third-order valence-electron chi connectivity index (χ3n) is 2.57. The molecule has 0 radical (unpaired) electrons. The molecule has 0 spiro atoms. The van der Waals surface area contributed by atoms with Gasteiger partial charge in [0.25, 0.3) is 0 Å². The summed E-state index contributed by atoms with van der Waals surface area (Å²) < 4.78 is 0. The van der Waals surface area contributed by atoms with Gasteiger partial charge in [-0.25, -0.2) is 4.98 Å². The van der Waals surface area contributed by atoms with Gasteiger partial charge in [0.05, 0.1) is 5.56 Å². The van der Waals surface area contributed by atoms with E-state index in [-0.39, 0.29) is 5.78 Å². The summed E-state index contributed by atoms with van der Waals surface area (Å²) in [5, 5.41) is 2.93. The largest absolute Gasteiger partial charge is 0.373 e. The highest BCUT2D eigenvalue weighted by Gasteiger charge is 2.13. The van der Waals surface area contributed by atoms with Crippen LogP contribution in [-0.4, -0.2) is 17.8 Å². The Kier molecular flexibility index (Phi) is 3.19. The SMILES string of the molecule is CNc1ncccc1C(=O)c1cccc(C)c1. The molecule has 1 aromatic heterocycles. The van der Waals surface area contributed by atoms with E-state index in [9.17, 15) is 4.79 Å². The highest BCUT2D eigenvalue weighted by Crippen LogP contribution is 2.16. The standard InChI is InChI=1S/C14H14N2O/c1-10-5-3-6-11(9-10)13(17)12-7-4-8-16-14(12)15-2/h3-9H,1-2H3,(H,15,16). The number of aromatic nitrogens is 1. The van der Waals surface area contributed by atoms with Crippen molar-refractivity contribution in [3.8, 4) is 0 Å². The van der Waals surface area contributed by atoms with Crippen LogP contribution in [0.2, 0.25) is 0 Å². The summed E-state index contributed by atoms with van der Waals surface area (Å²) in [5.41, 5.74) is 2.36. The lowest BCUT2D eigenvalue weighted by molar-refractivity contribution is 0.103. The third-order valence-corrected chi connectivity index (χ3v) is 2.57. The monoisotopic (exact) mass is 226 g/mol. The van der Waals surface area contributed by atoms with E-state index in [1.54, 1.807) is 25.4 Å². The highest BCUT2D eigenvalue weighted by atomic mass is 16.1. The van der Waals surface area contributed by atoms with Gasteiger partial charge in [-0.1, -0.05) is 23.8 Å². The van der Waals surface area contributed by atoms with E-state index in [1.165, 1.54) is 0 Å². The molecule has 0 aliphatic rings. The maximum Gasteiger partial charge on any atom is 0.196 e. The highest BCUT2D eigenvalue weighted by molar-refractivity contribution is 6.11. The quantitative estimate of drug-likeness (QED) is 0.818. The van der Waals surface area contributed by atoms with Crippen LogP contribution in [0.25, 0.3) is 0 Å².